The Morgan fingerprint density at radius 2 is 2.12 bits per heavy atom. The van der Waals surface area contributed by atoms with Crippen LogP contribution >= 0.6 is 11.6 Å². The Morgan fingerprint density at radius 1 is 1.38 bits per heavy atom. The molecule has 1 aromatic carbocycles. The van der Waals surface area contributed by atoms with Crippen LogP contribution in [0.5, 0.6) is 0 Å². The van der Waals surface area contributed by atoms with E-state index in [4.69, 9.17) is 11.6 Å². The van der Waals surface area contributed by atoms with E-state index in [2.05, 4.69) is 16.0 Å². The minimum atomic E-state index is -0.520. The molecule has 2 aliphatic rings. The van der Waals surface area contributed by atoms with E-state index in [1.165, 1.54) is 0 Å². The Labute approximate surface area is 157 Å². The van der Waals surface area contributed by atoms with E-state index in [-0.39, 0.29) is 23.8 Å². The van der Waals surface area contributed by atoms with Gasteiger partial charge in [0.1, 0.15) is 12.1 Å². The highest BCUT2D eigenvalue weighted by atomic mass is 35.5. The number of piperazine rings is 1. The Balaban J connectivity index is 1.62. The number of anilines is 1. The molecule has 0 saturated carbocycles. The van der Waals surface area contributed by atoms with E-state index in [0.29, 0.717) is 23.7 Å². The van der Waals surface area contributed by atoms with E-state index in [1.807, 2.05) is 13.8 Å². The molecule has 0 radical (unpaired) electrons. The number of rotatable bonds is 4. The lowest BCUT2D eigenvalue weighted by Crippen LogP contribution is -2.62. The molecule has 2 heterocycles. The van der Waals surface area contributed by atoms with E-state index in [9.17, 15) is 14.4 Å². The summed E-state index contributed by atoms with van der Waals surface area (Å²) in [6, 6.07) is 5.24. The molecule has 0 bridgehead atoms. The number of halogens is 1. The third kappa shape index (κ3) is 3.62. The van der Waals surface area contributed by atoms with Gasteiger partial charge in [0.05, 0.1) is 16.8 Å². The third-order valence-corrected chi connectivity index (χ3v) is 5.45. The van der Waals surface area contributed by atoms with Crippen LogP contribution < -0.4 is 16.0 Å². The Bertz CT molecular complexity index is 726. The fraction of sp³-hybridized carbons (Fsp3) is 0.500. The predicted molar refractivity (Wildman–Crippen MR) is 98.9 cm³/mol. The highest BCUT2D eigenvalue weighted by Gasteiger charge is 2.47. The smallest absolute Gasteiger partial charge is 0.319 e. The average molecular weight is 379 g/mol. The Kier molecular flexibility index (Phi) is 5.36. The molecule has 7 nitrogen and oxygen atoms in total. The first kappa shape index (κ1) is 18.5. The van der Waals surface area contributed by atoms with Crippen molar-refractivity contribution in [2.24, 2.45) is 5.92 Å². The molecule has 8 heteroatoms. The SMILES string of the molecule is CC[C@H](C)[C@@H]1NC(=O)[C@@H]2C[C@H](NC(=O)Nc3ccccc3Cl)CN2C1=O. The van der Waals surface area contributed by atoms with Crippen LogP contribution in [-0.2, 0) is 9.59 Å². The molecule has 4 amide bonds. The summed E-state index contributed by atoms with van der Waals surface area (Å²) < 4.78 is 0. The summed E-state index contributed by atoms with van der Waals surface area (Å²) in [6.07, 6.45) is 1.21. The number of fused-ring (bicyclic) bond motifs is 1. The zero-order valence-corrected chi connectivity index (χ0v) is 15.5. The number of carbonyl (C=O) groups is 3. The summed E-state index contributed by atoms with van der Waals surface area (Å²) in [5.41, 5.74) is 0.507. The second-order valence-corrected chi connectivity index (χ2v) is 7.30. The quantitative estimate of drug-likeness (QED) is 0.748. The molecule has 0 unspecified atom stereocenters. The van der Waals surface area contributed by atoms with Crippen molar-refractivity contribution in [1.29, 1.82) is 0 Å². The van der Waals surface area contributed by atoms with Gasteiger partial charge in [-0.3, -0.25) is 9.59 Å². The molecule has 0 aliphatic carbocycles. The average Bonchev–Trinajstić information content (AvgIpc) is 3.04. The van der Waals surface area contributed by atoms with Crippen molar-refractivity contribution in [3.8, 4) is 0 Å². The lowest BCUT2D eigenvalue weighted by atomic mass is 9.95. The van der Waals surface area contributed by atoms with Gasteiger partial charge in [-0.05, 0) is 24.5 Å². The summed E-state index contributed by atoms with van der Waals surface area (Å²) in [5.74, 6) is -0.145. The fourth-order valence-electron chi connectivity index (χ4n) is 3.45. The van der Waals surface area contributed by atoms with Crippen molar-refractivity contribution < 1.29 is 14.4 Å². The van der Waals surface area contributed by atoms with Crippen LogP contribution in [0.15, 0.2) is 24.3 Å². The molecule has 140 valence electrons. The summed E-state index contributed by atoms with van der Waals surface area (Å²) in [4.78, 5) is 38.9. The monoisotopic (exact) mass is 378 g/mol. The number of hydrogen-bond donors (Lipinski definition) is 3. The summed E-state index contributed by atoms with van der Waals surface area (Å²) >= 11 is 6.03. The van der Waals surface area contributed by atoms with Gasteiger partial charge in [-0.1, -0.05) is 44.0 Å². The zero-order valence-electron chi connectivity index (χ0n) is 14.8. The molecule has 26 heavy (non-hydrogen) atoms. The summed E-state index contributed by atoms with van der Waals surface area (Å²) in [6.45, 7) is 4.27. The Hall–Kier alpha value is -2.28. The summed E-state index contributed by atoms with van der Waals surface area (Å²) in [7, 11) is 0. The van der Waals surface area contributed by atoms with E-state index in [0.717, 1.165) is 6.42 Å². The van der Waals surface area contributed by atoms with Crippen molar-refractivity contribution in [3.05, 3.63) is 29.3 Å². The molecule has 2 fully saturated rings. The molecule has 3 N–H and O–H groups in total. The van der Waals surface area contributed by atoms with E-state index in [1.54, 1.807) is 29.2 Å². The van der Waals surface area contributed by atoms with Crippen molar-refractivity contribution in [1.82, 2.24) is 15.5 Å². The number of amides is 4. The maximum absolute atomic E-state index is 12.7. The van der Waals surface area contributed by atoms with Crippen LogP contribution in [0.3, 0.4) is 0 Å². The van der Waals surface area contributed by atoms with Crippen LogP contribution in [0, 0.1) is 5.92 Å². The Morgan fingerprint density at radius 3 is 2.81 bits per heavy atom. The van der Waals surface area contributed by atoms with Gasteiger partial charge in [0.25, 0.3) is 0 Å². The van der Waals surface area contributed by atoms with Crippen molar-refractivity contribution in [2.75, 3.05) is 11.9 Å². The number of benzene rings is 1. The van der Waals surface area contributed by atoms with Crippen molar-refractivity contribution in [3.63, 3.8) is 0 Å². The van der Waals surface area contributed by atoms with Crippen LogP contribution in [0.4, 0.5) is 10.5 Å². The van der Waals surface area contributed by atoms with Crippen molar-refractivity contribution in [2.45, 2.75) is 44.8 Å². The van der Waals surface area contributed by atoms with Crippen molar-refractivity contribution >= 4 is 35.1 Å². The van der Waals surface area contributed by atoms with Gasteiger partial charge in [0, 0.05) is 6.54 Å². The first-order valence-electron chi connectivity index (χ1n) is 8.83. The van der Waals surface area contributed by atoms with Crippen LogP contribution in [-0.4, -0.2) is 47.4 Å². The predicted octanol–water partition coefficient (Wildman–Crippen LogP) is 1.98. The molecule has 0 aromatic heterocycles. The third-order valence-electron chi connectivity index (χ3n) is 5.12. The normalized spacial score (nSPS) is 26.1. The lowest BCUT2D eigenvalue weighted by Gasteiger charge is -2.36. The van der Waals surface area contributed by atoms with E-state index < -0.39 is 18.1 Å². The van der Waals surface area contributed by atoms with Gasteiger partial charge in [-0.15, -0.1) is 0 Å². The molecule has 4 atom stereocenters. The first-order chi connectivity index (χ1) is 12.4. The first-order valence-corrected chi connectivity index (χ1v) is 9.21. The fourth-order valence-corrected chi connectivity index (χ4v) is 3.63. The van der Waals surface area contributed by atoms with Gasteiger partial charge in [0.2, 0.25) is 11.8 Å². The minimum absolute atomic E-state index is 0.0697. The standard InChI is InChI=1S/C18H23ClN4O3/c1-3-10(2)15-17(25)23-9-11(8-14(23)16(24)22-15)20-18(26)21-13-7-5-4-6-12(13)19/h4-7,10-11,14-15H,3,8-9H2,1-2H3,(H,22,24)(H2,20,21,26)/t10-,11-,14-,15-/m0/s1. The maximum Gasteiger partial charge on any atom is 0.319 e. The van der Waals surface area contributed by atoms with Gasteiger partial charge >= 0.3 is 6.03 Å². The molecule has 3 rings (SSSR count). The molecule has 1 aromatic rings. The van der Waals surface area contributed by atoms with Crippen LogP contribution in [0.25, 0.3) is 0 Å². The van der Waals surface area contributed by atoms with Gasteiger partial charge in [-0.25, -0.2) is 4.79 Å². The summed E-state index contributed by atoms with van der Waals surface area (Å²) in [5, 5.41) is 8.79. The molecule has 0 spiro atoms. The van der Waals surface area contributed by atoms with Crippen LogP contribution in [0.2, 0.25) is 5.02 Å². The minimum Gasteiger partial charge on any atom is -0.342 e. The highest BCUT2D eigenvalue weighted by Crippen LogP contribution is 2.26. The molecule has 2 saturated heterocycles. The van der Waals surface area contributed by atoms with Gasteiger partial charge in [-0.2, -0.15) is 0 Å². The zero-order chi connectivity index (χ0) is 18.8. The second-order valence-electron chi connectivity index (χ2n) is 6.89. The lowest BCUT2D eigenvalue weighted by molar-refractivity contribution is -0.148. The van der Waals surface area contributed by atoms with Gasteiger partial charge in [0.15, 0.2) is 0 Å². The number of nitrogens with zero attached hydrogens (tertiary/aromatic N) is 1. The molecular weight excluding hydrogens is 356 g/mol. The number of nitrogens with one attached hydrogen (secondary N) is 3. The van der Waals surface area contributed by atoms with Crippen LogP contribution in [0.1, 0.15) is 26.7 Å². The highest BCUT2D eigenvalue weighted by molar-refractivity contribution is 6.33. The molecule has 2 aliphatic heterocycles. The number of hydrogen-bond acceptors (Lipinski definition) is 3. The number of carbonyl (C=O) groups excluding carboxylic acids is 3. The maximum atomic E-state index is 12.7. The number of urea groups is 1. The number of para-hydroxylation sites is 1. The largest absolute Gasteiger partial charge is 0.342 e. The van der Waals surface area contributed by atoms with Gasteiger partial charge < -0.3 is 20.9 Å². The topological polar surface area (TPSA) is 90.5 Å². The van der Waals surface area contributed by atoms with E-state index >= 15 is 0 Å². The second kappa shape index (κ2) is 7.53. The molecular formula is C18H23ClN4O3.